The predicted octanol–water partition coefficient (Wildman–Crippen LogP) is 4.90. The highest BCUT2D eigenvalue weighted by atomic mass is 16.6. The molecule has 0 saturated heterocycles. The largest absolute Gasteiger partial charge is 0.468 e. The van der Waals surface area contributed by atoms with E-state index in [2.05, 4.69) is 32.0 Å². The lowest BCUT2D eigenvalue weighted by Gasteiger charge is -2.51. The molecule has 1 aromatic rings. The monoisotopic (exact) mass is 314 g/mol. The molecule has 0 radical (unpaired) electrons. The van der Waals surface area contributed by atoms with Crippen molar-refractivity contribution in [3.8, 4) is 5.75 Å². The average Bonchev–Trinajstić information content (AvgIpc) is 2.91. The third kappa shape index (κ3) is 2.33. The van der Waals surface area contributed by atoms with Gasteiger partial charge in [0.25, 0.3) is 0 Å². The number of rotatable bonds is 3. The van der Waals surface area contributed by atoms with Crippen molar-refractivity contribution in [2.75, 3.05) is 6.79 Å². The van der Waals surface area contributed by atoms with E-state index in [1.54, 1.807) is 5.56 Å². The molecule has 5 atom stereocenters. The molecule has 1 aromatic carbocycles. The quantitative estimate of drug-likeness (QED) is 0.804. The van der Waals surface area contributed by atoms with Crippen molar-refractivity contribution in [1.29, 1.82) is 0 Å². The van der Waals surface area contributed by atoms with Crippen molar-refractivity contribution in [2.24, 2.45) is 23.2 Å². The standard InChI is InChI=1S/C21H30O2/c1-3-15-5-9-20-19-7-4-14-12-16(23-13-22)6-8-17(14)18(19)10-11-21(15,20)2/h6,8,12,15,18-20,22H,3-5,7,9-11,13H2,1-2H3/t15-,18+,19+,20-,21+/m0/s1. The van der Waals surface area contributed by atoms with Crippen LogP contribution in [0.25, 0.3) is 0 Å². The number of benzene rings is 1. The molecule has 3 aliphatic rings. The van der Waals surface area contributed by atoms with E-state index in [1.807, 2.05) is 0 Å². The summed E-state index contributed by atoms with van der Waals surface area (Å²) in [5.74, 6) is 4.36. The molecule has 0 heterocycles. The highest BCUT2D eigenvalue weighted by Crippen LogP contribution is 2.63. The fourth-order valence-corrected chi connectivity index (χ4v) is 6.50. The molecule has 0 aliphatic heterocycles. The second-order valence-electron chi connectivity index (χ2n) is 8.28. The molecule has 2 saturated carbocycles. The number of ether oxygens (including phenoxy) is 1. The molecule has 0 amide bonds. The topological polar surface area (TPSA) is 29.5 Å². The number of aryl methyl sites for hydroxylation is 1. The van der Waals surface area contributed by atoms with E-state index in [0.717, 1.165) is 29.4 Å². The Morgan fingerprint density at radius 2 is 2.09 bits per heavy atom. The first-order valence-electron chi connectivity index (χ1n) is 9.54. The molecule has 23 heavy (non-hydrogen) atoms. The van der Waals surface area contributed by atoms with Crippen LogP contribution in [0, 0.1) is 23.2 Å². The van der Waals surface area contributed by atoms with Crippen LogP contribution >= 0.6 is 0 Å². The molecular formula is C21H30O2. The minimum atomic E-state index is -0.232. The van der Waals surface area contributed by atoms with E-state index in [4.69, 9.17) is 9.84 Å². The highest BCUT2D eigenvalue weighted by Gasteiger charge is 2.53. The van der Waals surface area contributed by atoms with Gasteiger partial charge < -0.3 is 9.84 Å². The van der Waals surface area contributed by atoms with Crippen LogP contribution in [0.3, 0.4) is 0 Å². The van der Waals surface area contributed by atoms with Gasteiger partial charge in [0.1, 0.15) is 5.75 Å². The molecule has 2 heteroatoms. The van der Waals surface area contributed by atoms with Gasteiger partial charge in [-0.1, -0.05) is 26.3 Å². The third-order valence-corrected chi connectivity index (χ3v) is 7.62. The summed E-state index contributed by atoms with van der Waals surface area (Å²) in [7, 11) is 0. The molecule has 0 spiro atoms. The Balaban J connectivity index is 1.63. The van der Waals surface area contributed by atoms with Gasteiger partial charge in [0, 0.05) is 0 Å². The second kappa shape index (κ2) is 5.81. The Bertz CT molecular complexity index is 581. The summed E-state index contributed by atoms with van der Waals surface area (Å²) in [6, 6.07) is 6.50. The maximum atomic E-state index is 8.97. The van der Waals surface area contributed by atoms with Gasteiger partial charge in [0.05, 0.1) is 0 Å². The lowest BCUT2D eigenvalue weighted by molar-refractivity contribution is 0.0272. The normalized spacial score (nSPS) is 38.6. The minimum Gasteiger partial charge on any atom is -0.468 e. The highest BCUT2D eigenvalue weighted by molar-refractivity contribution is 5.40. The summed E-state index contributed by atoms with van der Waals surface area (Å²) in [6.07, 6.45) is 9.57. The molecule has 3 aliphatic carbocycles. The van der Waals surface area contributed by atoms with Crippen molar-refractivity contribution >= 4 is 0 Å². The summed E-state index contributed by atoms with van der Waals surface area (Å²) in [6.45, 7) is 4.76. The molecule has 0 aromatic heterocycles. The minimum absolute atomic E-state index is 0.232. The van der Waals surface area contributed by atoms with Crippen LogP contribution < -0.4 is 4.74 Å². The summed E-state index contributed by atoms with van der Waals surface area (Å²) in [4.78, 5) is 0. The number of fused-ring (bicyclic) bond motifs is 5. The molecular weight excluding hydrogens is 284 g/mol. The fourth-order valence-electron chi connectivity index (χ4n) is 6.50. The molecule has 1 N–H and O–H groups in total. The van der Waals surface area contributed by atoms with E-state index >= 15 is 0 Å². The smallest absolute Gasteiger partial charge is 0.186 e. The Labute approximate surface area is 140 Å². The van der Waals surface area contributed by atoms with Gasteiger partial charge in [-0.3, -0.25) is 0 Å². The van der Waals surface area contributed by atoms with Crippen LogP contribution in [-0.4, -0.2) is 11.9 Å². The molecule has 0 unspecified atom stereocenters. The van der Waals surface area contributed by atoms with E-state index in [-0.39, 0.29) is 6.79 Å². The van der Waals surface area contributed by atoms with Crippen LogP contribution in [0.2, 0.25) is 0 Å². The van der Waals surface area contributed by atoms with Crippen molar-refractivity contribution in [2.45, 2.75) is 64.7 Å². The zero-order valence-electron chi connectivity index (χ0n) is 14.6. The first-order valence-corrected chi connectivity index (χ1v) is 9.54. The van der Waals surface area contributed by atoms with Crippen molar-refractivity contribution in [1.82, 2.24) is 0 Å². The van der Waals surface area contributed by atoms with Gasteiger partial charge in [-0.05, 0) is 90.9 Å². The van der Waals surface area contributed by atoms with E-state index < -0.39 is 0 Å². The summed E-state index contributed by atoms with van der Waals surface area (Å²) in [5.41, 5.74) is 3.65. The third-order valence-electron chi connectivity index (χ3n) is 7.62. The Hall–Kier alpha value is -1.02. The van der Waals surface area contributed by atoms with Gasteiger partial charge in [-0.15, -0.1) is 0 Å². The van der Waals surface area contributed by atoms with E-state index in [0.29, 0.717) is 5.41 Å². The zero-order chi connectivity index (χ0) is 16.0. The molecule has 4 rings (SSSR count). The summed E-state index contributed by atoms with van der Waals surface area (Å²) in [5, 5.41) is 8.97. The number of aliphatic hydroxyl groups excluding tert-OH is 1. The maximum Gasteiger partial charge on any atom is 0.186 e. The van der Waals surface area contributed by atoms with E-state index in [1.165, 1.54) is 50.5 Å². The average molecular weight is 314 g/mol. The number of hydrogen-bond acceptors (Lipinski definition) is 2. The van der Waals surface area contributed by atoms with Crippen LogP contribution in [0.4, 0.5) is 0 Å². The van der Waals surface area contributed by atoms with Crippen LogP contribution in [0.15, 0.2) is 18.2 Å². The van der Waals surface area contributed by atoms with Gasteiger partial charge in [-0.2, -0.15) is 0 Å². The van der Waals surface area contributed by atoms with Crippen LogP contribution in [0.5, 0.6) is 5.75 Å². The maximum absolute atomic E-state index is 8.97. The van der Waals surface area contributed by atoms with Crippen molar-refractivity contribution in [3.05, 3.63) is 29.3 Å². The van der Waals surface area contributed by atoms with Gasteiger partial charge in [0.15, 0.2) is 6.79 Å². The molecule has 126 valence electrons. The lowest BCUT2D eigenvalue weighted by Crippen LogP contribution is -2.42. The first-order chi connectivity index (χ1) is 11.2. The van der Waals surface area contributed by atoms with E-state index in [9.17, 15) is 0 Å². The summed E-state index contributed by atoms with van der Waals surface area (Å²) >= 11 is 0. The van der Waals surface area contributed by atoms with Crippen molar-refractivity contribution in [3.63, 3.8) is 0 Å². The number of aliphatic hydroxyl groups is 1. The molecule has 2 nitrogen and oxygen atoms in total. The van der Waals surface area contributed by atoms with Crippen LogP contribution in [-0.2, 0) is 6.42 Å². The number of hydrogen-bond donors (Lipinski definition) is 1. The Morgan fingerprint density at radius 1 is 1.22 bits per heavy atom. The van der Waals surface area contributed by atoms with Crippen molar-refractivity contribution < 1.29 is 9.84 Å². The predicted molar refractivity (Wildman–Crippen MR) is 92.6 cm³/mol. The van der Waals surface area contributed by atoms with Gasteiger partial charge in [0.2, 0.25) is 0 Å². The molecule has 0 bridgehead atoms. The van der Waals surface area contributed by atoms with Crippen LogP contribution in [0.1, 0.15) is 69.4 Å². The Kier molecular flexibility index (Phi) is 3.91. The zero-order valence-corrected chi connectivity index (χ0v) is 14.6. The molecule has 2 fully saturated rings. The lowest BCUT2D eigenvalue weighted by atomic mass is 9.54. The fraction of sp³-hybridized carbons (Fsp3) is 0.714. The second-order valence-corrected chi connectivity index (χ2v) is 8.28. The first kappa shape index (κ1) is 15.5. The Morgan fingerprint density at radius 3 is 2.87 bits per heavy atom. The van der Waals surface area contributed by atoms with Gasteiger partial charge >= 0.3 is 0 Å². The van der Waals surface area contributed by atoms with Gasteiger partial charge in [-0.25, -0.2) is 0 Å². The summed E-state index contributed by atoms with van der Waals surface area (Å²) < 4.78 is 5.28. The SMILES string of the molecule is CC[C@H]1CC[C@H]2[C@@H]3CCc4cc(OCO)ccc4[C@H]3CC[C@]12C.